The predicted octanol–water partition coefficient (Wildman–Crippen LogP) is 1.20. The molecule has 1 aromatic carbocycles. The number of phenolic OH excluding ortho intramolecular Hbond substituents is 1. The molecular weight excluding hydrogens is 256 g/mol. The molecule has 2 aliphatic heterocycles. The summed E-state index contributed by atoms with van der Waals surface area (Å²) in [6.07, 6.45) is 3.32. The largest absolute Gasteiger partial charge is 0.508 e. The minimum Gasteiger partial charge on any atom is -0.508 e. The Balaban J connectivity index is 1.97. The molecule has 2 fully saturated rings. The number of hydrogen-bond donors (Lipinski definition) is 1. The van der Waals surface area contributed by atoms with Gasteiger partial charge in [-0.3, -0.25) is 9.59 Å². The third-order valence-electron chi connectivity index (χ3n) is 3.91. The van der Waals surface area contributed by atoms with E-state index in [0.717, 1.165) is 18.4 Å². The number of amides is 2. The standard InChI is InChI=1S/C15H16N2O3/c1-16-13(9-10-4-6-11(18)7-5-10)15(20)17-8-2-3-12(17)14(16)19/h4-7,9,12,18H,2-3,8H2,1H3. The number of rotatable bonds is 1. The lowest BCUT2D eigenvalue weighted by molar-refractivity contribution is -0.147. The predicted molar refractivity (Wildman–Crippen MR) is 73.6 cm³/mol. The fourth-order valence-electron chi connectivity index (χ4n) is 2.79. The van der Waals surface area contributed by atoms with Crippen molar-refractivity contribution in [3.8, 4) is 5.75 Å². The van der Waals surface area contributed by atoms with Crippen LogP contribution in [0.5, 0.6) is 5.75 Å². The van der Waals surface area contributed by atoms with Crippen molar-refractivity contribution in [2.45, 2.75) is 18.9 Å². The maximum Gasteiger partial charge on any atom is 0.271 e. The van der Waals surface area contributed by atoms with E-state index in [-0.39, 0.29) is 23.6 Å². The topological polar surface area (TPSA) is 60.9 Å². The SMILES string of the molecule is CN1C(=O)C2CCCN2C(=O)C1=Cc1ccc(O)cc1. The molecule has 104 valence electrons. The number of likely N-dealkylation sites (N-methyl/N-ethyl adjacent to an activating group) is 1. The van der Waals surface area contributed by atoms with Gasteiger partial charge < -0.3 is 14.9 Å². The van der Waals surface area contributed by atoms with Crippen LogP contribution in [0.1, 0.15) is 18.4 Å². The Morgan fingerprint density at radius 1 is 1.25 bits per heavy atom. The summed E-state index contributed by atoms with van der Waals surface area (Å²) < 4.78 is 0. The highest BCUT2D eigenvalue weighted by Gasteiger charge is 2.43. The van der Waals surface area contributed by atoms with E-state index in [1.165, 1.54) is 4.90 Å². The Kier molecular flexibility index (Phi) is 2.97. The highest BCUT2D eigenvalue weighted by molar-refractivity contribution is 6.07. The molecule has 3 rings (SSSR count). The van der Waals surface area contributed by atoms with Crippen LogP contribution in [0.2, 0.25) is 0 Å². The van der Waals surface area contributed by atoms with Crippen LogP contribution in [-0.4, -0.2) is 46.4 Å². The van der Waals surface area contributed by atoms with Crippen molar-refractivity contribution in [2.75, 3.05) is 13.6 Å². The molecule has 0 bridgehead atoms. The molecule has 2 heterocycles. The third-order valence-corrected chi connectivity index (χ3v) is 3.91. The molecule has 0 aliphatic carbocycles. The average Bonchev–Trinajstić information content (AvgIpc) is 2.93. The zero-order valence-electron chi connectivity index (χ0n) is 11.2. The van der Waals surface area contributed by atoms with Gasteiger partial charge in [0.2, 0.25) is 5.91 Å². The number of aromatic hydroxyl groups is 1. The minimum absolute atomic E-state index is 0.0212. The smallest absolute Gasteiger partial charge is 0.271 e. The Hall–Kier alpha value is -2.30. The Morgan fingerprint density at radius 2 is 1.95 bits per heavy atom. The van der Waals surface area contributed by atoms with Crippen LogP contribution in [0.3, 0.4) is 0 Å². The van der Waals surface area contributed by atoms with E-state index in [2.05, 4.69) is 0 Å². The highest BCUT2D eigenvalue weighted by Crippen LogP contribution is 2.28. The lowest BCUT2D eigenvalue weighted by atomic mass is 10.1. The van der Waals surface area contributed by atoms with Gasteiger partial charge in [-0.1, -0.05) is 12.1 Å². The Bertz CT molecular complexity index is 592. The van der Waals surface area contributed by atoms with Crippen LogP contribution < -0.4 is 0 Å². The molecule has 0 aromatic heterocycles. The van der Waals surface area contributed by atoms with Gasteiger partial charge in [0.1, 0.15) is 17.5 Å². The second-order valence-electron chi connectivity index (χ2n) is 5.17. The first-order valence-corrected chi connectivity index (χ1v) is 6.67. The van der Waals surface area contributed by atoms with Crippen LogP contribution in [0, 0.1) is 0 Å². The number of hydrogen-bond acceptors (Lipinski definition) is 3. The summed E-state index contributed by atoms with van der Waals surface area (Å²) in [6.45, 7) is 0.649. The van der Waals surface area contributed by atoms with E-state index in [1.807, 2.05) is 0 Å². The maximum atomic E-state index is 12.4. The zero-order chi connectivity index (χ0) is 14.3. The number of fused-ring (bicyclic) bond motifs is 1. The molecule has 0 spiro atoms. The fourth-order valence-corrected chi connectivity index (χ4v) is 2.79. The summed E-state index contributed by atoms with van der Waals surface area (Å²) in [4.78, 5) is 27.8. The lowest BCUT2D eigenvalue weighted by Crippen LogP contribution is -2.54. The first-order valence-electron chi connectivity index (χ1n) is 6.67. The van der Waals surface area contributed by atoms with Crippen molar-refractivity contribution in [1.29, 1.82) is 0 Å². The van der Waals surface area contributed by atoms with Crippen molar-refractivity contribution in [1.82, 2.24) is 9.80 Å². The van der Waals surface area contributed by atoms with E-state index in [4.69, 9.17) is 0 Å². The van der Waals surface area contributed by atoms with E-state index in [9.17, 15) is 14.7 Å². The molecule has 1 aromatic rings. The zero-order valence-corrected chi connectivity index (χ0v) is 11.2. The highest BCUT2D eigenvalue weighted by atomic mass is 16.3. The van der Waals surface area contributed by atoms with Crippen LogP contribution in [0.15, 0.2) is 30.0 Å². The number of benzene rings is 1. The lowest BCUT2D eigenvalue weighted by Gasteiger charge is -2.36. The third kappa shape index (κ3) is 1.95. The second kappa shape index (κ2) is 4.67. The normalized spacial score (nSPS) is 24.4. The fraction of sp³-hybridized carbons (Fsp3) is 0.333. The quantitative estimate of drug-likeness (QED) is 0.781. The molecular formula is C15H16N2O3. The second-order valence-corrected chi connectivity index (χ2v) is 5.17. The van der Waals surface area contributed by atoms with Gasteiger partial charge in [-0.15, -0.1) is 0 Å². The van der Waals surface area contributed by atoms with E-state index < -0.39 is 0 Å². The molecule has 5 heteroatoms. The average molecular weight is 272 g/mol. The van der Waals surface area contributed by atoms with Gasteiger partial charge in [-0.05, 0) is 36.6 Å². The van der Waals surface area contributed by atoms with Crippen molar-refractivity contribution in [3.63, 3.8) is 0 Å². The van der Waals surface area contributed by atoms with Gasteiger partial charge in [0, 0.05) is 13.6 Å². The molecule has 0 saturated carbocycles. The number of phenols is 1. The summed E-state index contributed by atoms with van der Waals surface area (Å²) in [5.41, 5.74) is 1.17. The van der Waals surface area contributed by atoms with Gasteiger partial charge in [0.15, 0.2) is 0 Å². The molecule has 1 unspecified atom stereocenters. The molecule has 0 radical (unpaired) electrons. The molecule has 1 N–H and O–H groups in total. The Labute approximate surface area is 117 Å². The molecule has 20 heavy (non-hydrogen) atoms. The van der Waals surface area contributed by atoms with Crippen molar-refractivity contribution in [3.05, 3.63) is 35.5 Å². The monoisotopic (exact) mass is 272 g/mol. The van der Waals surface area contributed by atoms with Crippen molar-refractivity contribution < 1.29 is 14.7 Å². The summed E-state index contributed by atoms with van der Waals surface area (Å²) >= 11 is 0. The van der Waals surface area contributed by atoms with Gasteiger partial charge in [-0.25, -0.2) is 0 Å². The van der Waals surface area contributed by atoms with Crippen LogP contribution in [0.4, 0.5) is 0 Å². The Morgan fingerprint density at radius 3 is 2.65 bits per heavy atom. The molecule has 2 saturated heterocycles. The van der Waals surface area contributed by atoms with Gasteiger partial charge in [0.25, 0.3) is 5.91 Å². The minimum atomic E-state index is -0.288. The van der Waals surface area contributed by atoms with E-state index in [1.54, 1.807) is 42.3 Å². The number of carbonyl (C=O) groups excluding carboxylic acids is 2. The summed E-state index contributed by atoms with van der Waals surface area (Å²) in [5.74, 6) is 0.0564. The van der Waals surface area contributed by atoms with Crippen LogP contribution in [-0.2, 0) is 9.59 Å². The number of nitrogens with zero attached hydrogens (tertiary/aromatic N) is 2. The summed E-state index contributed by atoms with van der Waals surface area (Å²) in [7, 11) is 1.64. The van der Waals surface area contributed by atoms with E-state index >= 15 is 0 Å². The molecule has 2 amide bonds. The van der Waals surface area contributed by atoms with Gasteiger partial charge >= 0.3 is 0 Å². The van der Waals surface area contributed by atoms with Crippen molar-refractivity contribution in [2.24, 2.45) is 0 Å². The summed E-state index contributed by atoms with van der Waals surface area (Å²) in [5, 5.41) is 9.27. The van der Waals surface area contributed by atoms with Gasteiger partial charge in [-0.2, -0.15) is 0 Å². The molecule has 5 nitrogen and oxygen atoms in total. The number of piperazine rings is 1. The first kappa shape index (κ1) is 12.7. The van der Waals surface area contributed by atoms with E-state index in [0.29, 0.717) is 12.2 Å². The maximum absolute atomic E-state index is 12.4. The molecule has 1 atom stereocenters. The van der Waals surface area contributed by atoms with Gasteiger partial charge in [0.05, 0.1) is 0 Å². The van der Waals surface area contributed by atoms with Crippen molar-refractivity contribution >= 4 is 17.9 Å². The summed E-state index contributed by atoms with van der Waals surface area (Å²) in [6, 6.07) is 6.25. The van der Waals surface area contributed by atoms with Crippen LogP contribution >= 0.6 is 0 Å². The van der Waals surface area contributed by atoms with Crippen LogP contribution in [0.25, 0.3) is 6.08 Å². The first-order chi connectivity index (χ1) is 9.58. The number of carbonyl (C=O) groups is 2. The molecule has 2 aliphatic rings.